The summed E-state index contributed by atoms with van der Waals surface area (Å²) in [6.45, 7) is 4.12. The number of methoxy groups -OCH3 is 2. The molecule has 2 fully saturated rings. The van der Waals surface area contributed by atoms with Gasteiger partial charge in [0.25, 0.3) is 0 Å². The number of nitrogens with zero attached hydrogens (tertiary/aromatic N) is 3. The largest absolute Gasteiger partial charge is 0.493 e. The summed E-state index contributed by atoms with van der Waals surface area (Å²) in [7, 11) is 3.12. The molecule has 9 heteroatoms. The lowest BCUT2D eigenvalue weighted by Crippen LogP contribution is -2.52. The molecule has 2 aromatic rings. The van der Waals surface area contributed by atoms with E-state index in [-0.39, 0.29) is 30.1 Å². The average molecular weight is 485 g/mol. The first-order chi connectivity index (χ1) is 17.0. The van der Waals surface area contributed by atoms with Crippen LogP contribution in [0.1, 0.15) is 12.8 Å². The molecule has 0 saturated carbocycles. The van der Waals surface area contributed by atoms with Crippen LogP contribution in [-0.4, -0.2) is 81.6 Å². The number of piperazine rings is 1. The predicted molar refractivity (Wildman–Crippen MR) is 133 cm³/mol. The van der Waals surface area contributed by atoms with E-state index in [1.807, 2.05) is 15.9 Å². The number of carbonyl (C=O) groups is 2. The molecule has 0 bridgehead atoms. The van der Waals surface area contributed by atoms with Crippen LogP contribution in [0.4, 0.5) is 15.8 Å². The Morgan fingerprint density at radius 1 is 0.943 bits per heavy atom. The van der Waals surface area contributed by atoms with Crippen LogP contribution in [0.15, 0.2) is 42.5 Å². The first kappa shape index (κ1) is 24.8. The molecule has 2 aliphatic heterocycles. The maximum Gasteiger partial charge on any atom is 0.238 e. The van der Waals surface area contributed by atoms with E-state index in [9.17, 15) is 14.0 Å². The number of ether oxygens (including phenoxy) is 2. The molecule has 0 aliphatic carbocycles. The Morgan fingerprint density at radius 3 is 2.29 bits per heavy atom. The fourth-order valence-electron chi connectivity index (χ4n) is 4.79. The van der Waals surface area contributed by atoms with Gasteiger partial charge in [-0.1, -0.05) is 12.1 Å². The molecule has 0 unspecified atom stereocenters. The van der Waals surface area contributed by atoms with Crippen molar-refractivity contribution in [2.75, 3.05) is 70.2 Å². The monoisotopic (exact) mass is 484 g/mol. The molecule has 2 aliphatic rings. The van der Waals surface area contributed by atoms with Crippen molar-refractivity contribution in [2.45, 2.75) is 12.8 Å². The van der Waals surface area contributed by atoms with E-state index < -0.39 is 0 Å². The van der Waals surface area contributed by atoms with E-state index in [0.717, 1.165) is 12.8 Å². The predicted octanol–water partition coefficient (Wildman–Crippen LogP) is 2.84. The Bertz CT molecular complexity index is 1030. The lowest BCUT2D eigenvalue weighted by Gasteiger charge is -2.39. The van der Waals surface area contributed by atoms with E-state index in [2.05, 4.69) is 10.2 Å². The number of rotatable bonds is 7. The van der Waals surface area contributed by atoms with Crippen LogP contribution in [0.5, 0.6) is 11.5 Å². The van der Waals surface area contributed by atoms with Crippen molar-refractivity contribution in [3.63, 3.8) is 0 Å². The molecule has 4 rings (SSSR count). The number of piperidine rings is 1. The molecule has 2 heterocycles. The molecule has 0 aromatic heterocycles. The molecule has 188 valence electrons. The van der Waals surface area contributed by atoms with Crippen LogP contribution in [0.25, 0.3) is 0 Å². The maximum atomic E-state index is 14.1. The third-order valence-electron chi connectivity index (χ3n) is 6.76. The molecule has 35 heavy (non-hydrogen) atoms. The minimum atomic E-state index is -0.227. The van der Waals surface area contributed by atoms with E-state index in [1.165, 1.54) is 6.07 Å². The molecule has 2 amide bonds. The zero-order chi connectivity index (χ0) is 24.8. The van der Waals surface area contributed by atoms with Gasteiger partial charge in [0.15, 0.2) is 11.5 Å². The van der Waals surface area contributed by atoms with Crippen molar-refractivity contribution in [1.29, 1.82) is 0 Å². The summed E-state index contributed by atoms with van der Waals surface area (Å²) < 4.78 is 24.6. The number of hydrogen-bond donors (Lipinski definition) is 1. The second kappa shape index (κ2) is 11.4. The van der Waals surface area contributed by atoms with Crippen LogP contribution in [0.3, 0.4) is 0 Å². The van der Waals surface area contributed by atoms with Gasteiger partial charge < -0.3 is 24.6 Å². The summed E-state index contributed by atoms with van der Waals surface area (Å²) >= 11 is 0. The Balaban J connectivity index is 1.21. The number of halogens is 1. The highest BCUT2D eigenvalue weighted by molar-refractivity contribution is 5.92. The lowest BCUT2D eigenvalue weighted by atomic mass is 9.95. The van der Waals surface area contributed by atoms with Gasteiger partial charge in [-0.2, -0.15) is 0 Å². The highest BCUT2D eigenvalue weighted by Crippen LogP contribution is 2.30. The Hall–Kier alpha value is -3.33. The molecular formula is C26H33FN4O4. The summed E-state index contributed by atoms with van der Waals surface area (Å²) in [5.41, 5.74) is 1.24. The first-order valence-electron chi connectivity index (χ1n) is 12.0. The summed E-state index contributed by atoms with van der Waals surface area (Å²) in [6.07, 6.45) is 1.46. The number of hydrogen-bond acceptors (Lipinski definition) is 6. The zero-order valence-corrected chi connectivity index (χ0v) is 20.3. The molecule has 2 saturated heterocycles. The van der Waals surface area contributed by atoms with Gasteiger partial charge in [-0.15, -0.1) is 0 Å². The van der Waals surface area contributed by atoms with Crippen molar-refractivity contribution in [2.24, 2.45) is 5.92 Å². The molecule has 0 spiro atoms. The van der Waals surface area contributed by atoms with Crippen LogP contribution < -0.4 is 19.7 Å². The molecule has 0 radical (unpaired) electrons. The highest BCUT2D eigenvalue weighted by atomic mass is 19.1. The molecule has 0 atom stereocenters. The lowest BCUT2D eigenvalue weighted by molar-refractivity contribution is -0.137. The smallest absolute Gasteiger partial charge is 0.238 e. The summed E-state index contributed by atoms with van der Waals surface area (Å²) in [5, 5.41) is 2.90. The van der Waals surface area contributed by atoms with Gasteiger partial charge in [-0.05, 0) is 50.2 Å². The minimum absolute atomic E-state index is 0.0276. The summed E-state index contributed by atoms with van der Waals surface area (Å²) in [6, 6.07) is 12.0. The number of carbonyl (C=O) groups excluding carboxylic acids is 2. The fourth-order valence-corrected chi connectivity index (χ4v) is 4.79. The third-order valence-corrected chi connectivity index (χ3v) is 6.76. The molecule has 2 aromatic carbocycles. The Kier molecular flexibility index (Phi) is 8.07. The van der Waals surface area contributed by atoms with Crippen molar-refractivity contribution in [3.05, 3.63) is 48.3 Å². The van der Waals surface area contributed by atoms with Gasteiger partial charge in [0.1, 0.15) is 5.82 Å². The van der Waals surface area contributed by atoms with Crippen molar-refractivity contribution >= 4 is 23.2 Å². The number of para-hydroxylation sites is 1. The SMILES string of the molecule is COc1ccc(NC(=O)CN2CCC(C(=O)N3CCN(c4ccccc4F)CC3)CC2)cc1OC. The van der Waals surface area contributed by atoms with Gasteiger partial charge in [0.05, 0.1) is 26.5 Å². The normalized spacial score (nSPS) is 17.2. The van der Waals surface area contributed by atoms with Gasteiger partial charge in [-0.3, -0.25) is 14.5 Å². The van der Waals surface area contributed by atoms with Gasteiger partial charge in [0.2, 0.25) is 11.8 Å². The van der Waals surface area contributed by atoms with E-state index in [1.54, 1.807) is 44.6 Å². The Morgan fingerprint density at radius 2 is 1.63 bits per heavy atom. The molecular weight excluding hydrogens is 451 g/mol. The third kappa shape index (κ3) is 6.03. The highest BCUT2D eigenvalue weighted by Gasteiger charge is 2.31. The summed E-state index contributed by atoms with van der Waals surface area (Å²) in [4.78, 5) is 31.6. The van der Waals surface area contributed by atoms with Crippen LogP contribution in [0, 0.1) is 11.7 Å². The van der Waals surface area contributed by atoms with Crippen molar-refractivity contribution < 1.29 is 23.5 Å². The van der Waals surface area contributed by atoms with Crippen LogP contribution in [-0.2, 0) is 9.59 Å². The number of anilines is 2. The first-order valence-corrected chi connectivity index (χ1v) is 12.0. The zero-order valence-electron chi connectivity index (χ0n) is 20.3. The minimum Gasteiger partial charge on any atom is -0.493 e. The van der Waals surface area contributed by atoms with Crippen molar-refractivity contribution in [3.8, 4) is 11.5 Å². The fraction of sp³-hybridized carbons (Fsp3) is 0.462. The standard InChI is InChI=1S/C26H33FN4O4/c1-34-23-8-7-20(17-24(23)35-2)28-25(32)18-29-11-9-19(10-12-29)26(33)31-15-13-30(14-16-31)22-6-4-3-5-21(22)27/h3-8,17,19H,9-16,18H2,1-2H3,(H,28,32). The van der Waals surface area contributed by atoms with E-state index in [0.29, 0.717) is 62.1 Å². The number of amides is 2. The van der Waals surface area contributed by atoms with Crippen molar-refractivity contribution in [1.82, 2.24) is 9.80 Å². The molecule has 8 nitrogen and oxygen atoms in total. The van der Waals surface area contributed by atoms with Crippen LogP contribution >= 0.6 is 0 Å². The van der Waals surface area contributed by atoms with Crippen LogP contribution in [0.2, 0.25) is 0 Å². The number of likely N-dealkylation sites (tertiary alicyclic amines) is 1. The topological polar surface area (TPSA) is 74.4 Å². The number of nitrogens with one attached hydrogen (secondary N) is 1. The quantitative estimate of drug-likeness (QED) is 0.652. The van der Waals surface area contributed by atoms with Gasteiger partial charge in [-0.25, -0.2) is 4.39 Å². The molecule has 1 N–H and O–H groups in total. The van der Waals surface area contributed by atoms with Gasteiger partial charge in [0, 0.05) is 43.9 Å². The summed E-state index contributed by atoms with van der Waals surface area (Å²) in [5.74, 6) is 0.971. The van der Waals surface area contributed by atoms with Gasteiger partial charge >= 0.3 is 0 Å². The Labute approximate surface area is 205 Å². The van der Waals surface area contributed by atoms with E-state index in [4.69, 9.17) is 9.47 Å². The average Bonchev–Trinajstić information content (AvgIpc) is 2.89. The maximum absolute atomic E-state index is 14.1. The number of benzene rings is 2. The van der Waals surface area contributed by atoms with E-state index >= 15 is 0 Å². The second-order valence-electron chi connectivity index (χ2n) is 8.93. The second-order valence-corrected chi connectivity index (χ2v) is 8.93.